The normalized spacial score (nSPS) is 16.6. The topological polar surface area (TPSA) is 0 Å². The molecule has 0 saturated heterocycles. The third kappa shape index (κ3) is 5.09. The molecule has 1 unspecified atom stereocenters. The van der Waals surface area contributed by atoms with Crippen LogP contribution < -0.4 is 0 Å². The van der Waals surface area contributed by atoms with E-state index >= 15 is 0 Å². The third-order valence-corrected chi connectivity index (χ3v) is 14.8. The van der Waals surface area contributed by atoms with E-state index in [1.807, 2.05) is 41.5 Å². The van der Waals surface area contributed by atoms with Gasteiger partial charge in [0, 0.05) is 10.3 Å². The lowest BCUT2D eigenvalue weighted by atomic mass is 10.00. The minimum absolute atomic E-state index is 0.0977. The van der Waals surface area contributed by atoms with E-state index in [1.165, 1.54) is 22.6 Å². The summed E-state index contributed by atoms with van der Waals surface area (Å²) < 4.78 is 117. The van der Waals surface area contributed by atoms with Crippen LogP contribution >= 0.6 is 22.6 Å². The van der Waals surface area contributed by atoms with Gasteiger partial charge in [0.2, 0.25) is 0 Å². The molecule has 1 atom stereocenters. The van der Waals surface area contributed by atoms with Crippen molar-refractivity contribution in [3.8, 4) is 0 Å². The molecule has 0 spiro atoms. The van der Waals surface area contributed by atoms with Crippen molar-refractivity contribution < 1.29 is 39.5 Å². The Morgan fingerprint density at radius 2 is 1.00 bits per heavy atom. The molecule has 0 aliphatic heterocycles. The molecule has 0 fully saturated rings. The summed E-state index contributed by atoms with van der Waals surface area (Å²) in [6.07, 6.45) is -8.51. The maximum Gasteiger partial charge on any atom is 0.460 e. The molecule has 0 nitrogen and oxygen atoms in total. The fourth-order valence-electron chi connectivity index (χ4n) is 3.98. The fraction of sp³-hybridized carbons (Fsp3) is 1.00. The van der Waals surface area contributed by atoms with Crippen LogP contribution in [-0.2, 0) is 0 Å². The Morgan fingerprint density at radius 3 is 1.26 bits per heavy atom. The molecule has 0 aromatic heterocycles. The van der Waals surface area contributed by atoms with Gasteiger partial charge in [-0.25, -0.2) is 0 Å². The highest BCUT2D eigenvalue weighted by Gasteiger charge is 2.81. The van der Waals surface area contributed by atoms with E-state index in [9.17, 15) is 39.5 Å². The zero-order valence-corrected chi connectivity index (χ0v) is 19.2. The Morgan fingerprint density at radius 1 is 0.667 bits per heavy atom. The van der Waals surface area contributed by atoms with Gasteiger partial charge in [0.05, 0.1) is 8.07 Å². The average molecular weight is 544 g/mol. The highest BCUT2D eigenvalue weighted by molar-refractivity contribution is 14.1. The van der Waals surface area contributed by atoms with E-state index in [4.69, 9.17) is 0 Å². The molecule has 0 radical (unpaired) electrons. The monoisotopic (exact) mass is 544 g/mol. The molecule has 0 N–H and O–H groups in total. The Bertz CT molecular complexity index is 465. The Labute approximate surface area is 168 Å². The summed E-state index contributed by atoms with van der Waals surface area (Å²) >= 11 is 1.48. The number of rotatable bonds is 9. The molecular weight excluding hydrogens is 518 g/mol. The molecule has 164 valence electrons. The van der Waals surface area contributed by atoms with E-state index in [-0.39, 0.29) is 22.7 Å². The van der Waals surface area contributed by atoms with Gasteiger partial charge >= 0.3 is 23.9 Å². The Balaban J connectivity index is 5.74. The van der Waals surface area contributed by atoms with Gasteiger partial charge in [0.1, 0.15) is 0 Å². The summed E-state index contributed by atoms with van der Waals surface area (Å²) in [5, 5.41) is 0. The molecule has 0 bridgehead atoms. The standard InChI is InChI=1S/C16H26F9ISi/c1-9(2)27(10(3)4,11(5)6)8-12(26)7-13(17,18)14(19,20)15(21,22)16(23,24)25/h9-12H,7-8H2,1-6H3. The van der Waals surface area contributed by atoms with Crippen LogP contribution in [0.25, 0.3) is 0 Å². The number of halogens is 10. The molecule has 0 aromatic carbocycles. The molecule has 0 aliphatic carbocycles. The molecule has 0 saturated carbocycles. The van der Waals surface area contributed by atoms with Crippen LogP contribution in [0.2, 0.25) is 22.7 Å². The van der Waals surface area contributed by atoms with Gasteiger partial charge in [-0.05, 0) is 6.04 Å². The first-order valence-corrected chi connectivity index (χ1v) is 12.2. The van der Waals surface area contributed by atoms with Gasteiger partial charge in [0.15, 0.2) is 0 Å². The Kier molecular flexibility index (Phi) is 8.69. The molecule has 0 amide bonds. The highest BCUT2D eigenvalue weighted by Crippen LogP contribution is 2.55. The largest absolute Gasteiger partial charge is 0.460 e. The first-order chi connectivity index (χ1) is 11.7. The summed E-state index contributed by atoms with van der Waals surface area (Å²) in [6.45, 7) is 11.4. The number of hydrogen-bond acceptors (Lipinski definition) is 0. The highest BCUT2D eigenvalue weighted by atomic mass is 127. The van der Waals surface area contributed by atoms with Gasteiger partial charge in [0.25, 0.3) is 0 Å². The van der Waals surface area contributed by atoms with Crippen LogP contribution in [-0.4, -0.2) is 35.9 Å². The lowest BCUT2D eigenvalue weighted by Crippen LogP contribution is -2.61. The van der Waals surface area contributed by atoms with Crippen molar-refractivity contribution in [2.75, 3.05) is 0 Å². The van der Waals surface area contributed by atoms with Crippen LogP contribution in [0.3, 0.4) is 0 Å². The Hall–Kier alpha value is 0.317. The van der Waals surface area contributed by atoms with Crippen LogP contribution in [0.15, 0.2) is 0 Å². The lowest BCUT2D eigenvalue weighted by Gasteiger charge is -2.45. The van der Waals surface area contributed by atoms with Crippen molar-refractivity contribution in [1.29, 1.82) is 0 Å². The summed E-state index contributed by atoms with van der Waals surface area (Å²) in [6, 6.07) is 0.129. The van der Waals surface area contributed by atoms with Crippen molar-refractivity contribution in [3.63, 3.8) is 0 Å². The molecule has 0 heterocycles. The number of alkyl halides is 10. The maximum absolute atomic E-state index is 13.9. The lowest BCUT2D eigenvalue weighted by molar-refractivity contribution is -0.396. The van der Waals surface area contributed by atoms with Crippen molar-refractivity contribution in [2.45, 2.75) is 98.5 Å². The minimum atomic E-state index is -6.82. The van der Waals surface area contributed by atoms with Gasteiger partial charge < -0.3 is 0 Å². The second-order valence-electron chi connectivity index (χ2n) is 7.93. The summed E-state index contributed by atoms with van der Waals surface area (Å²) in [5.74, 6) is -18.8. The summed E-state index contributed by atoms with van der Waals surface area (Å²) in [5.41, 5.74) is 0.293. The zero-order chi connectivity index (χ0) is 22.2. The first kappa shape index (κ1) is 27.3. The zero-order valence-electron chi connectivity index (χ0n) is 16.0. The van der Waals surface area contributed by atoms with E-state index in [2.05, 4.69) is 0 Å². The van der Waals surface area contributed by atoms with Gasteiger partial charge in [-0.1, -0.05) is 80.8 Å². The quantitative estimate of drug-likeness (QED) is 0.119. The van der Waals surface area contributed by atoms with Crippen molar-refractivity contribution >= 4 is 30.7 Å². The predicted molar refractivity (Wildman–Crippen MR) is 99.2 cm³/mol. The van der Waals surface area contributed by atoms with Crippen LogP contribution in [0.4, 0.5) is 39.5 Å². The van der Waals surface area contributed by atoms with Crippen molar-refractivity contribution in [1.82, 2.24) is 0 Å². The van der Waals surface area contributed by atoms with Crippen molar-refractivity contribution in [2.24, 2.45) is 0 Å². The van der Waals surface area contributed by atoms with Crippen LogP contribution in [0.1, 0.15) is 48.0 Å². The molecule has 27 heavy (non-hydrogen) atoms. The van der Waals surface area contributed by atoms with Crippen LogP contribution in [0, 0.1) is 0 Å². The summed E-state index contributed by atoms with van der Waals surface area (Å²) in [4.78, 5) is 0. The summed E-state index contributed by atoms with van der Waals surface area (Å²) in [7, 11) is -2.33. The van der Waals surface area contributed by atoms with Gasteiger partial charge in [-0.15, -0.1) is 0 Å². The minimum Gasteiger partial charge on any atom is -0.200 e. The third-order valence-electron chi connectivity index (χ3n) is 5.49. The second-order valence-corrected chi connectivity index (χ2v) is 15.8. The second kappa shape index (κ2) is 8.59. The van der Waals surface area contributed by atoms with E-state index in [1.54, 1.807) is 0 Å². The van der Waals surface area contributed by atoms with E-state index < -0.39 is 42.4 Å². The first-order valence-electron chi connectivity index (χ1n) is 8.52. The van der Waals surface area contributed by atoms with Gasteiger partial charge in [-0.2, -0.15) is 39.5 Å². The molecule has 0 rings (SSSR count). The SMILES string of the molecule is CC(C)[Si](CC(I)CC(F)(F)C(F)(F)C(F)(F)C(F)(F)F)(C(C)C)C(C)C. The maximum atomic E-state index is 13.9. The van der Waals surface area contributed by atoms with E-state index in [0.717, 1.165) is 0 Å². The molecule has 0 aromatic rings. The average Bonchev–Trinajstić information content (AvgIpc) is 2.41. The predicted octanol–water partition coefficient (Wildman–Crippen LogP) is 8.33. The molecule has 0 aliphatic rings. The number of hydrogen-bond donors (Lipinski definition) is 0. The molecular formula is C16H26F9ISi. The fourth-order valence-corrected chi connectivity index (χ4v) is 13.1. The van der Waals surface area contributed by atoms with Gasteiger partial charge in [-0.3, -0.25) is 0 Å². The molecule has 11 heteroatoms. The smallest absolute Gasteiger partial charge is 0.200 e. The van der Waals surface area contributed by atoms with Crippen LogP contribution in [0.5, 0.6) is 0 Å². The van der Waals surface area contributed by atoms with E-state index in [0.29, 0.717) is 0 Å². The van der Waals surface area contributed by atoms with Crippen molar-refractivity contribution in [3.05, 3.63) is 0 Å².